The number of ether oxygens (including phenoxy) is 2. The van der Waals surface area contributed by atoms with Crippen molar-refractivity contribution >= 4 is 29.3 Å². The molecular formula is C19H18N2O5S. The molecule has 140 valence electrons. The Balaban J connectivity index is 1.82. The predicted molar refractivity (Wildman–Crippen MR) is 101 cm³/mol. The summed E-state index contributed by atoms with van der Waals surface area (Å²) in [7, 11) is 0. The molecule has 27 heavy (non-hydrogen) atoms. The van der Waals surface area contributed by atoms with Crippen LogP contribution in [-0.2, 0) is 9.53 Å². The van der Waals surface area contributed by atoms with E-state index in [2.05, 4.69) is 10.6 Å². The summed E-state index contributed by atoms with van der Waals surface area (Å²) in [4.78, 5) is 24.3. The van der Waals surface area contributed by atoms with E-state index in [9.17, 15) is 9.59 Å². The maximum absolute atomic E-state index is 12.4. The van der Waals surface area contributed by atoms with Gasteiger partial charge in [-0.05, 0) is 55.9 Å². The fourth-order valence-corrected chi connectivity index (χ4v) is 2.97. The topological polar surface area (TPSA) is 89.8 Å². The Morgan fingerprint density at radius 3 is 2.56 bits per heavy atom. The minimum Gasteiger partial charge on any atom is -0.463 e. The Hall–Kier alpha value is -3.13. The number of benzene rings is 1. The van der Waals surface area contributed by atoms with Crippen molar-refractivity contribution in [2.75, 3.05) is 6.61 Å². The molecule has 8 heteroatoms. The Labute approximate surface area is 161 Å². The van der Waals surface area contributed by atoms with Gasteiger partial charge in [-0.15, -0.1) is 0 Å². The molecule has 1 aromatic carbocycles. The minimum atomic E-state index is -0.586. The molecule has 0 saturated heterocycles. The van der Waals surface area contributed by atoms with Crippen molar-refractivity contribution in [2.45, 2.75) is 19.9 Å². The Morgan fingerprint density at radius 2 is 1.93 bits per heavy atom. The Bertz CT molecular complexity index is 887. The first-order chi connectivity index (χ1) is 13.0. The van der Waals surface area contributed by atoms with Crippen molar-refractivity contribution in [1.82, 2.24) is 10.6 Å². The maximum atomic E-state index is 12.4. The molecule has 3 rings (SSSR count). The molecule has 0 fully saturated rings. The molecule has 2 N–H and O–H groups in total. The quantitative estimate of drug-likeness (QED) is 0.461. The molecule has 7 nitrogen and oxygen atoms in total. The molecule has 1 aliphatic heterocycles. The van der Waals surface area contributed by atoms with Crippen LogP contribution in [-0.4, -0.2) is 23.7 Å². The van der Waals surface area contributed by atoms with Crippen LogP contribution in [0.1, 0.15) is 36.0 Å². The lowest BCUT2D eigenvalue weighted by Gasteiger charge is -2.29. The number of thiocarbonyl (C=S) groups is 1. The van der Waals surface area contributed by atoms with E-state index in [1.807, 2.05) is 0 Å². The highest BCUT2D eigenvalue weighted by molar-refractivity contribution is 7.80. The fourth-order valence-electron chi connectivity index (χ4n) is 2.70. The van der Waals surface area contributed by atoms with Gasteiger partial charge >= 0.3 is 11.9 Å². The Kier molecular flexibility index (Phi) is 5.56. The van der Waals surface area contributed by atoms with Gasteiger partial charge in [0, 0.05) is 5.70 Å². The Morgan fingerprint density at radius 1 is 1.19 bits per heavy atom. The molecule has 0 bridgehead atoms. The van der Waals surface area contributed by atoms with Crippen molar-refractivity contribution in [3.8, 4) is 5.75 Å². The monoisotopic (exact) mass is 386 g/mol. The molecule has 2 aromatic rings. The van der Waals surface area contributed by atoms with Crippen LogP contribution in [0.4, 0.5) is 0 Å². The lowest BCUT2D eigenvalue weighted by molar-refractivity contribution is -0.139. The average molecular weight is 386 g/mol. The zero-order valence-electron chi connectivity index (χ0n) is 14.8. The van der Waals surface area contributed by atoms with Gasteiger partial charge in [0.2, 0.25) is 5.76 Å². The highest BCUT2D eigenvalue weighted by atomic mass is 32.1. The van der Waals surface area contributed by atoms with Gasteiger partial charge in [-0.3, -0.25) is 0 Å². The van der Waals surface area contributed by atoms with Gasteiger partial charge in [0.05, 0.1) is 24.5 Å². The van der Waals surface area contributed by atoms with E-state index in [1.54, 1.807) is 44.2 Å². The highest BCUT2D eigenvalue weighted by Crippen LogP contribution is 2.29. The number of esters is 2. The predicted octanol–water partition coefficient (Wildman–Crippen LogP) is 2.85. The summed E-state index contributed by atoms with van der Waals surface area (Å²) in [5, 5.41) is 6.43. The molecule has 1 atom stereocenters. The second-order valence-electron chi connectivity index (χ2n) is 5.73. The third-order valence-corrected chi connectivity index (χ3v) is 4.13. The summed E-state index contributed by atoms with van der Waals surface area (Å²) in [6, 6.07) is 9.45. The molecule has 0 unspecified atom stereocenters. The van der Waals surface area contributed by atoms with Crippen LogP contribution < -0.4 is 15.4 Å². The fraction of sp³-hybridized carbons (Fsp3) is 0.211. The van der Waals surface area contributed by atoms with E-state index in [0.717, 1.165) is 5.56 Å². The van der Waals surface area contributed by atoms with Gasteiger partial charge < -0.3 is 24.5 Å². The average Bonchev–Trinajstić information content (AvgIpc) is 3.16. The van der Waals surface area contributed by atoms with E-state index in [4.69, 9.17) is 26.1 Å². The smallest absolute Gasteiger partial charge is 0.379 e. The van der Waals surface area contributed by atoms with Crippen molar-refractivity contribution in [3.05, 3.63) is 65.3 Å². The standard InChI is InChI=1S/C19H18N2O5S/c1-3-24-18(23)15-11(2)20-19(27)21-16(15)12-6-8-13(9-7-12)26-17(22)14-5-4-10-25-14/h4-10,16H,3H2,1-2H3,(H2,20,21,27)/t16-/m1/s1. The molecule has 1 aromatic heterocycles. The zero-order valence-corrected chi connectivity index (χ0v) is 15.6. The van der Waals surface area contributed by atoms with Crippen molar-refractivity contribution < 1.29 is 23.5 Å². The van der Waals surface area contributed by atoms with Crippen molar-refractivity contribution in [1.29, 1.82) is 0 Å². The summed E-state index contributed by atoms with van der Waals surface area (Å²) in [6.45, 7) is 3.79. The second kappa shape index (κ2) is 8.05. The zero-order chi connectivity index (χ0) is 19.4. The number of furan rings is 1. The summed E-state index contributed by atoms with van der Waals surface area (Å²) in [5.74, 6) is -0.532. The van der Waals surface area contributed by atoms with Crippen LogP contribution >= 0.6 is 12.2 Å². The van der Waals surface area contributed by atoms with Crippen LogP contribution in [0.2, 0.25) is 0 Å². The van der Waals surface area contributed by atoms with Crippen LogP contribution in [0.25, 0.3) is 0 Å². The van der Waals surface area contributed by atoms with Crippen LogP contribution in [0.5, 0.6) is 5.75 Å². The number of carbonyl (C=O) groups is 2. The van der Waals surface area contributed by atoms with E-state index in [-0.39, 0.29) is 12.4 Å². The first-order valence-electron chi connectivity index (χ1n) is 8.30. The lowest BCUT2D eigenvalue weighted by atomic mass is 9.95. The molecule has 0 radical (unpaired) electrons. The number of hydrogen-bond donors (Lipinski definition) is 2. The van der Waals surface area contributed by atoms with Gasteiger partial charge in [0.1, 0.15) is 5.75 Å². The van der Waals surface area contributed by atoms with Gasteiger partial charge in [-0.25, -0.2) is 9.59 Å². The van der Waals surface area contributed by atoms with Gasteiger partial charge in [0.25, 0.3) is 0 Å². The molecular weight excluding hydrogens is 368 g/mol. The molecule has 0 amide bonds. The van der Waals surface area contributed by atoms with Gasteiger partial charge in [-0.1, -0.05) is 12.1 Å². The van der Waals surface area contributed by atoms with E-state index in [0.29, 0.717) is 22.1 Å². The van der Waals surface area contributed by atoms with Crippen molar-refractivity contribution in [3.63, 3.8) is 0 Å². The maximum Gasteiger partial charge on any atom is 0.379 e. The first kappa shape index (κ1) is 18.7. The van der Waals surface area contributed by atoms with E-state index in [1.165, 1.54) is 12.3 Å². The number of carbonyl (C=O) groups excluding carboxylic acids is 2. The summed E-state index contributed by atoms with van der Waals surface area (Å²) in [6.07, 6.45) is 1.40. The molecule has 0 saturated carbocycles. The molecule has 0 spiro atoms. The molecule has 2 heterocycles. The van der Waals surface area contributed by atoms with Crippen LogP contribution in [0, 0.1) is 0 Å². The van der Waals surface area contributed by atoms with Crippen molar-refractivity contribution in [2.24, 2.45) is 0 Å². The number of rotatable bonds is 5. The van der Waals surface area contributed by atoms with E-state index >= 15 is 0 Å². The van der Waals surface area contributed by atoms with Gasteiger partial charge in [-0.2, -0.15) is 0 Å². The SMILES string of the molecule is CCOC(=O)C1=C(C)NC(=S)N[C@@H]1c1ccc(OC(=O)c2ccco2)cc1. The molecule has 0 aliphatic carbocycles. The summed E-state index contributed by atoms with van der Waals surface area (Å²) in [5.41, 5.74) is 1.86. The largest absolute Gasteiger partial charge is 0.463 e. The van der Waals surface area contributed by atoms with Crippen LogP contribution in [0.15, 0.2) is 58.3 Å². The minimum absolute atomic E-state index is 0.118. The highest BCUT2D eigenvalue weighted by Gasteiger charge is 2.30. The normalized spacial score (nSPS) is 16.4. The number of nitrogens with one attached hydrogen (secondary N) is 2. The molecule has 1 aliphatic rings. The second-order valence-corrected chi connectivity index (χ2v) is 6.13. The number of hydrogen-bond acceptors (Lipinski definition) is 6. The number of allylic oxidation sites excluding steroid dienone is 1. The van der Waals surface area contributed by atoms with Crippen LogP contribution in [0.3, 0.4) is 0 Å². The third kappa shape index (κ3) is 4.17. The third-order valence-electron chi connectivity index (χ3n) is 3.91. The van der Waals surface area contributed by atoms with E-state index < -0.39 is 18.0 Å². The first-order valence-corrected chi connectivity index (χ1v) is 8.71. The van der Waals surface area contributed by atoms with Gasteiger partial charge in [0.15, 0.2) is 5.11 Å². The lowest BCUT2D eigenvalue weighted by Crippen LogP contribution is -2.45. The summed E-state index contributed by atoms with van der Waals surface area (Å²) < 4.78 is 15.4. The summed E-state index contributed by atoms with van der Waals surface area (Å²) >= 11 is 5.20.